The highest BCUT2D eigenvalue weighted by Gasteiger charge is 2.60. The third-order valence-corrected chi connectivity index (χ3v) is 5.18. The van der Waals surface area contributed by atoms with Crippen LogP contribution in [-0.2, 0) is 4.74 Å². The predicted molar refractivity (Wildman–Crippen MR) is 74.4 cm³/mol. The molecule has 1 aliphatic heterocycles. The first-order valence-electron chi connectivity index (χ1n) is 6.77. The molecule has 102 valence electrons. The van der Waals surface area contributed by atoms with Crippen molar-refractivity contribution in [1.29, 1.82) is 0 Å². The van der Waals surface area contributed by atoms with Crippen molar-refractivity contribution in [3.05, 3.63) is 0 Å². The molecule has 1 aliphatic rings. The summed E-state index contributed by atoms with van der Waals surface area (Å²) in [7, 11) is 0. The minimum Gasteiger partial charge on any atom is -0.366 e. The van der Waals surface area contributed by atoms with Crippen LogP contribution < -0.4 is 0 Å². The van der Waals surface area contributed by atoms with E-state index in [-0.39, 0.29) is 22.3 Å². The molecule has 0 saturated carbocycles. The smallest absolute Gasteiger partial charge is 0.0812 e. The molecule has 0 bridgehead atoms. The van der Waals surface area contributed by atoms with E-state index < -0.39 is 0 Å². The Balaban J connectivity index is 3.38. The highest BCUT2D eigenvalue weighted by molar-refractivity contribution is 5.13. The summed E-state index contributed by atoms with van der Waals surface area (Å²) in [5.41, 5.74) is -0.285. The van der Waals surface area contributed by atoms with Crippen molar-refractivity contribution in [3.8, 4) is 0 Å². The Kier molecular flexibility index (Phi) is 3.27. The number of ether oxygens (including phenoxy) is 1. The standard InChI is InChI=1S/C15H31NO/c1-11(2)16-12(3,4)14(7,8)17-15(9,10)13(16,5)6/h11H,1-10H3. The average Bonchev–Trinajstić information content (AvgIpc) is 1.96. The quantitative estimate of drug-likeness (QED) is 0.691. The zero-order valence-corrected chi connectivity index (χ0v) is 13.4. The molecule has 2 heteroatoms. The number of morpholine rings is 1. The molecule has 17 heavy (non-hydrogen) atoms. The number of hydrogen-bond donors (Lipinski definition) is 0. The van der Waals surface area contributed by atoms with Crippen LogP contribution in [0.15, 0.2) is 0 Å². The van der Waals surface area contributed by atoms with Gasteiger partial charge in [-0.1, -0.05) is 0 Å². The maximum Gasteiger partial charge on any atom is 0.0812 e. The summed E-state index contributed by atoms with van der Waals surface area (Å²) in [4.78, 5) is 2.61. The van der Waals surface area contributed by atoms with E-state index in [9.17, 15) is 0 Å². The van der Waals surface area contributed by atoms with E-state index in [1.54, 1.807) is 0 Å². The molecule has 0 aromatic carbocycles. The molecule has 0 radical (unpaired) electrons. The van der Waals surface area contributed by atoms with Gasteiger partial charge in [0, 0.05) is 17.1 Å². The lowest BCUT2D eigenvalue weighted by Gasteiger charge is -2.67. The second-order valence-corrected chi connectivity index (χ2v) is 7.70. The van der Waals surface area contributed by atoms with Gasteiger partial charge >= 0.3 is 0 Å². The summed E-state index contributed by atoms with van der Waals surface area (Å²) in [6, 6.07) is 0.502. The molecule has 0 aromatic rings. The second-order valence-electron chi connectivity index (χ2n) is 7.70. The molecule has 1 rings (SSSR count). The summed E-state index contributed by atoms with van der Waals surface area (Å²) in [5, 5.41) is 0. The van der Waals surface area contributed by atoms with Gasteiger partial charge in [-0.3, -0.25) is 4.90 Å². The maximum absolute atomic E-state index is 6.43. The third-order valence-electron chi connectivity index (χ3n) is 5.18. The van der Waals surface area contributed by atoms with Gasteiger partial charge in [0.1, 0.15) is 0 Å². The highest BCUT2D eigenvalue weighted by atomic mass is 16.5. The molecule has 1 saturated heterocycles. The van der Waals surface area contributed by atoms with Crippen LogP contribution in [0.4, 0.5) is 0 Å². The van der Waals surface area contributed by atoms with Gasteiger partial charge < -0.3 is 4.74 Å². The van der Waals surface area contributed by atoms with E-state index in [1.165, 1.54) is 0 Å². The van der Waals surface area contributed by atoms with Crippen LogP contribution in [0.1, 0.15) is 69.2 Å². The normalized spacial score (nSPS) is 30.5. The van der Waals surface area contributed by atoms with E-state index in [1.807, 2.05) is 0 Å². The first-order valence-corrected chi connectivity index (χ1v) is 6.77. The Bertz CT molecular complexity index is 274. The number of nitrogens with zero attached hydrogens (tertiary/aromatic N) is 1. The van der Waals surface area contributed by atoms with Gasteiger partial charge in [-0.25, -0.2) is 0 Å². The Morgan fingerprint density at radius 1 is 0.706 bits per heavy atom. The van der Waals surface area contributed by atoms with Gasteiger partial charge in [0.05, 0.1) is 11.2 Å². The summed E-state index contributed by atoms with van der Waals surface area (Å²) in [6.45, 7) is 22.6. The molecule has 0 aromatic heterocycles. The fourth-order valence-electron chi connectivity index (χ4n) is 3.46. The minimum atomic E-state index is -0.156. The van der Waals surface area contributed by atoms with Crippen molar-refractivity contribution in [1.82, 2.24) is 4.90 Å². The highest BCUT2D eigenvalue weighted by Crippen LogP contribution is 2.50. The van der Waals surface area contributed by atoms with Crippen molar-refractivity contribution in [2.75, 3.05) is 0 Å². The average molecular weight is 241 g/mol. The Labute approximate surface area is 108 Å². The molecule has 0 spiro atoms. The van der Waals surface area contributed by atoms with Crippen molar-refractivity contribution >= 4 is 0 Å². The lowest BCUT2D eigenvalue weighted by Crippen LogP contribution is -2.78. The van der Waals surface area contributed by atoms with Gasteiger partial charge in [0.2, 0.25) is 0 Å². The van der Waals surface area contributed by atoms with E-state index in [0.29, 0.717) is 6.04 Å². The van der Waals surface area contributed by atoms with E-state index >= 15 is 0 Å². The van der Waals surface area contributed by atoms with Crippen LogP contribution in [0.2, 0.25) is 0 Å². The predicted octanol–water partition coefficient (Wildman–Crippen LogP) is 3.84. The summed E-state index contributed by atoms with van der Waals surface area (Å²) < 4.78 is 6.43. The van der Waals surface area contributed by atoms with Gasteiger partial charge in [0.15, 0.2) is 0 Å². The monoisotopic (exact) mass is 241 g/mol. The minimum absolute atomic E-state index is 0.0141. The fraction of sp³-hybridized carbons (Fsp3) is 1.00. The van der Waals surface area contributed by atoms with Crippen LogP contribution in [-0.4, -0.2) is 33.2 Å². The summed E-state index contributed by atoms with van der Waals surface area (Å²) in [6.07, 6.45) is 0. The topological polar surface area (TPSA) is 12.5 Å². The van der Waals surface area contributed by atoms with Crippen LogP contribution in [0, 0.1) is 0 Å². The van der Waals surface area contributed by atoms with Crippen LogP contribution >= 0.6 is 0 Å². The fourth-order valence-corrected chi connectivity index (χ4v) is 3.46. The Hall–Kier alpha value is -0.0800. The van der Waals surface area contributed by atoms with Crippen molar-refractivity contribution in [3.63, 3.8) is 0 Å². The number of hydrogen-bond acceptors (Lipinski definition) is 2. The molecule has 0 atom stereocenters. The van der Waals surface area contributed by atoms with Crippen molar-refractivity contribution in [2.24, 2.45) is 0 Å². The molecule has 0 N–H and O–H groups in total. The van der Waals surface area contributed by atoms with E-state index in [0.717, 1.165) is 0 Å². The van der Waals surface area contributed by atoms with Gasteiger partial charge in [-0.15, -0.1) is 0 Å². The molecular formula is C15H31NO. The number of rotatable bonds is 1. The van der Waals surface area contributed by atoms with Gasteiger partial charge in [-0.2, -0.15) is 0 Å². The molecular weight excluding hydrogens is 210 g/mol. The SMILES string of the molecule is CC(C)N1C(C)(C)C(C)(C)OC(C)(C)C1(C)C. The van der Waals surface area contributed by atoms with Crippen molar-refractivity contribution < 1.29 is 4.74 Å². The largest absolute Gasteiger partial charge is 0.366 e. The molecule has 1 fully saturated rings. The zero-order chi connectivity index (χ0) is 13.9. The van der Waals surface area contributed by atoms with E-state index in [2.05, 4.69) is 74.1 Å². The molecule has 1 heterocycles. The van der Waals surface area contributed by atoms with Crippen LogP contribution in [0.25, 0.3) is 0 Å². The molecule has 0 unspecified atom stereocenters. The molecule has 0 aliphatic carbocycles. The van der Waals surface area contributed by atoms with Gasteiger partial charge in [0.25, 0.3) is 0 Å². The molecule has 0 amide bonds. The van der Waals surface area contributed by atoms with Crippen LogP contribution in [0.5, 0.6) is 0 Å². The zero-order valence-electron chi connectivity index (χ0n) is 13.4. The first kappa shape index (κ1) is 15.0. The van der Waals surface area contributed by atoms with Gasteiger partial charge in [-0.05, 0) is 69.2 Å². The van der Waals surface area contributed by atoms with Crippen LogP contribution in [0.3, 0.4) is 0 Å². The lowest BCUT2D eigenvalue weighted by atomic mass is 9.70. The molecule has 2 nitrogen and oxygen atoms in total. The first-order chi connectivity index (χ1) is 7.27. The summed E-state index contributed by atoms with van der Waals surface area (Å²) >= 11 is 0. The third kappa shape index (κ3) is 1.94. The Morgan fingerprint density at radius 3 is 1.24 bits per heavy atom. The second kappa shape index (κ2) is 3.71. The lowest BCUT2D eigenvalue weighted by molar-refractivity contribution is -0.298. The van der Waals surface area contributed by atoms with E-state index in [4.69, 9.17) is 4.74 Å². The maximum atomic E-state index is 6.43. The Morgan fingerprint density at radius 2 is 1.00 bits per heavy atom. The summed E-state index contributed by atoms with van der Waals surface area (Å²) in [5.74, 6) is 0. The van der Waals surface area contributed by atoms with Crippen molar-refractivity contribution in [2.45, 2.75) is 97.6 Å².